The van der Waals surface area contributed by atoms with Gasteiger partial charge in [-0.05, 0) is 24.3 Å². The Bertz CT molecular complexity index is 798. The molecule has 0 saturated carbocycles. The molecule has 9 nitrogen and oxygen atoms in total. The average Bonchev–Trinajstić information content (AvgIpc) is 3.26. The van der Waals surface area contributed by atoms with Gasteiger partial charge in [0.1, 0.15) is 18.4 Å². The Morgan fingerprint density at radius 1 is 1.36 bits per heavy atom. The number of benzene rings is 1. The highest BCUT2D eigenvalue weighted by Gasteiger charge is 2.34. The first-order chi connectivity index (χ1) is 12.1. The molecule has 0 atom stereocenters. The number of methoxy groups -OCH3 is 1. The smallest absolute Gasteiger partial charge is 0.337 e. The fourth-order valence-corrected chi connectivity index (χ4v) is 2.53. The van der Waals surface area contributed by atoms with Gasteiger partial charge in [0, 0.05) is 12.2 Å². The number of hydrogen-bond acceptors (Lipinski definition) is 7. The van der Waals surface area contributed by atoms with Crippen LogP contribution in [0.3, 0.4) is 0 Å². The Kier molecular flexibility index (Phi) is 4.75. The molecular formula is C16H17N5O4. The summed E-state index contributed by atoms with van der Waals surface area (Å²) in [6, 6.07) is 7.14. The number of hydrogen-bond donors (Lipinski definition) is 2. The van der Waals surface area contributed by atoms with E-state index in [9.17, 15) is 9.59 Å². The maximum atomic E-state index is 12.4. The molecule has 0 fully saturated rings. The van der Waals surface area contributed by atoms with Crippen molar-refractivity contribution in [3.63, 3.8) is 0 Å². The highest BCUT2D eigenvalue weighted by atomic mass is 16.5. The lowest BCUT2D eigenvalue weighted by Gasteiger charge is -2.15. The molecule has 3 rings (SSSR count). The summed E-state index contributed by atoms with van der Waals surface area (Å²) in [6.07, 6.45) is 3.01. The van der Waals surface area contributed by atoms with Crippen molar-refractivity contribution in [2.75, 3.05) is 32.1 Å². The third kappa shape index (κ3) is 3.36. The van der Waals surface area contributed by atoms with E-state index < -0.39 is 5.97 Å². The number of rotatable bonds is 6. The lowest BCUT2D eigenvalue weighted by Crippen LogP contribution is -2.31. The summed E-state index contributed by atoms with van der Waals surface area (Å²) in [5.41, 5.74) is 1.85. The molecule has 25 heavy (non-hydrogen) atoms. The predicted molar refractivity (Wildman–Crippen MR) is 87.7 cm³/mol. The summed E-state index contributed by atoms with van der Waals surface area (Å²) in [4.78, 5) is 29.7. The minimum Gasteiger partial charge on any atom is -0.466 e. The molecule has 0 unspecified atom stereocenters. The van der Waals surface area contributed by atoms with E-state index in [2.05, 4.69) is 15.4 Å². The van der Waals surface area contributed by atoms with Crippen LogP contribution in [0.1, 0.15) is 0 Å². The topological polar surface area (TPSA) is 110 Å². The highest BCUT2D eigenvalue weighted by Crippen LogP contribution is 2.23. The molecule has 1 aliphatic rings. The molecule has 9 heteroatoms. The molecule has 130 valence electrons. The third-order valence-corrected chi connectivity index (χ3v) is 3.77. The van der Waals surface area contributed by atoms with Crippen LogP contribution in [0.15, 0.2) is 48.2 Å². The van der Waals surface area contributed by atoms with E-state index in [4.69, 9.17) is 9.84 Å². The van der Waals surface area contributed by atoms with Crippen LogP contribution >= 0.6 is 0 Å². The van der Waals surface area contributed by atoms with Crippen LogP contribution in [0.4, 0.5) is 5.69 Å². The first-order valence-corrected chi connectivity index (χ1v) is 7.57. The number of nitrogens with zero attached hydrogens (tertiary/aromatic N) is 4. The van der Waals surface area contributed by atoms with Gasteiger partial charge in [0.15, 0.2) is 0 Å². The van der Waals surface area contributed by atoms with E-state index in [1.165, 1.54) is 18.3 Å². The van der Waals surface area contributed by atoms with Crippen molar-refractivity contribution in [2.45, 2.75) is 0 Å². The number of aromatic nitrogens is 3. The van der Waals surface area contributed by atoms with Gasteiger partial charge in [-0.15, -0.1) is 0 Å². The number of carbonyl (C=O) groups is 2. The Morgan fingerprint density at radius 2 is 2.12 bits per heavy atom. The van der Waals surface area contributed by atoms with Gasteiger partial charge in [0.25, 0.3) is 5.91 Å². The van der Waals surface area contributed by atoms with Crippen LogP contribution in [0.5, 0.6) is 0 Å². The molecule has 0 aliphatic carbocycles. The van der Waals surface area contributed by atoms with Gasteiger partial charge in [-0.25, -0.2) is 14.5 Å². The van der Waals surface area contributed by atoms with Crippen molar-refractivity contribution in [3.05, 3.63) is 48.2 Å². The number of anilines is 1. The summed E-state index contributed by atoms with van der Waals surface area (Å²) < 4.78 is 6.35. The Balaban J connectivity index is 1.83. The SMILES string of the molecule is COC(=O)C1=C(Nc2ccc(-n3cncn3)cc2)C(=O)N(CCO)C1. The zero-order valence-corrected chi connectivity index (χ0v) is 13.5. The van der Waals surface area contributed by atoms with E-state index >= 15 is 0 Å². The van der Waals surface area contributed by atoms with Crippen LogP contribution in [0, 0.1) is 0 Å². The lowest BCUT2D eigenvalue weighted by atomic mass is 10.2. The normalized spacial score (nSPS) is 14.2. The van der Waals surface area contributed by atoms with Gasteiger partial charge in [-0.3, -0.25) is 4.79 Å². The first kappa shape index (κ1) is 16.7. The van der Waals surface area contributed by atoms with Crippen LogP contribution in [-0.2, 0) is 14.3 Å². The standard InChI is InChI=1S/C16H17N5O4/c1-25-16(24)13-8-20(6-7-22)15(23)14(13)19-11-2-4-12(5-3-11)21-10-17-9-18-21/h2-5,9-10,19,22H,6-8H2,1H3. The zero-order valence-electron chi connectivity index (χ0n) is 13.5. The number of esters is 1. The Labute approximate surface area is 143 Å². The quantitative estimate of drug-likeness (QED) is 0.707. The molecule has 0 spiro atoms. The molecule has 1 aliphatic heterocycles. The minimum atomic E-state index is -0.574. The van der Waals surface area contributed by atoms with Crippen LogP contribution in [-0.4, -0.2) is 63.5 Å². The van der Waals surface area contributed by atoms with E-state index in [0.717, 1.165) is 5.69 Å². The molecule has 2 N–H and O–H groups in total. The fourth-order valence-electron chi connectivity index (χ4n) is 2.53. The molecule has 1 aromatic heterocycles. The first-order valence-electron chi connectivity index (χ1n) is 7.57. The summed E-state index contributed by atoms with van der Waals surface area (Å²) >= 11 is 0. The largest absolute Gasteiger partial charge is 0.466 e. The summed E-state index contributed by atoms with van der Waals surface area (Å²) in [5, 5.41) is 16.1. The van der Waals surface area contributed by atoms with Crippen molar-refractivity contribution in [1.82, 2.24) is 19.7 Å². The number of ether oxygens (including phenoxy) is 1. The number of β-amino-alcohol motifs (C(OH)–C–C–N with tert-alkyl or cyclic N) is 1. The van der Waals surface area contributed by atoms with Crippen molar-refractivity contribution < 1.29 is 19.4 Å². The lowest BCUT2D eigenvalue weighted by molar-refractivity contribution is -0.136. The average molecular weight is 343 g/mol. The van der Waals surface area contributed by atoms with Gasteiger partial charge in [-0.2, -0.15) is 5.10 Å². The van der Waals surface area contributed by atoms with E-state index in [0.29, 0.717) is 5.69 Å². The van der Waals surface area contributed by atoms with Crippen LogP contribution in [0.2, 0.25) is 0 Å². The Hall–Kier alpha value is -3.20. The van der Waals surface area contributed by atoms with Gasteiger partial charge in [0.05, 0.1) is 31.5 Å². The second-order valence-electron chi connectivity index (χ2n) is 5.31. The number of amides is 1. The third-order valence-electron chi connectivity index (χ3n) is 3.77. The predicted octanol–water partition coefficient (Wildman–Crippen LogP) is -0.0592. The molecule has 0 bridgehead atoms. The molecule has 0 saturated heterocycles. The number of nitrogens with one attached hydrogen (secondary N) is 1. The van der Waals surface area contributed by atoms with Crippen molar-refractivity contribution in [1.29, 1.82) is 0 Å². The summed E-state index contributed by atoms with van der Waals surface area (Å²) in [6.45, 7) is 0.0707. The molecular weight excluding hydrogens is 326 g/mol. The number of aliphatic hydroxyl groups excluding tert-OH is 1. The molecule has 2 aromatic rings. The van der Waals surface area contributed by atoms with Crippen molar-refractivity contribution in [3.8, 4) is 5.69 Å². The highest BCUT2D eigenvalue weighted by molar-refractivity contribution is 6.08. The molecule has 1 amide bonds. The zero-order chi connectivity index (χ0) is 17.8. The van der Waals surface area contributed by atoms with Crippen LogP contribution in [0.25, 0.3) is 5.69 Å². The van der Waals surface area contributed by atoms with Crippen molar-refractivity contribution in [2.24, 2.45) is 0 Å². The number of carbonyl (C=O) groups excluding carboxylic acids is 2. The second-order valence-corrected chi connectivity index (χ2v) is 5.31. The maximum Gasteiger partial charge on any atom is 0.337 e. The fraction of sp³-hybridized carbons (Fsp3) is 0.250. The maximum absolute atomic E-state index is 12.4. The van der Waals surface area contributed by atoms with E-state index in [-0.39, 0.29) is 36.9 Å². The van der Waals surface area contributed by atoms with Crippen molar-refractivity contribution >= 4 is 17.6 Å². The van der Waals surface area contributed by atoms with Gasteiger partial charge in [0.2, 0.25) is 0 Å². The molecule has 0 radical (unpaired) electrons. The minimum absolute atomic E-state index is 0.103. The van der Waals surface area contributed by atoms with Gasteiger partial charge < -0.3 is 20.1 Å². The monoisotopic (exact) mass is 343 g/mol. The molecule has 2 heterocycles. The van der Waals surface area contributed by atoms with Gasteiger partial charge >= 0.3 is 5.97 Å². The second kappa shape index (κ2) is 7.14. The Morgan fingerprint density at radius 3 is 2.72 bits per heavy atom. The summed E-state index contributed by atoms with van der Waals surface area (Å²) in [5.74, 6) is -0.926. The molecule has 1 aromatic carbocycles. The van der Waals surface area contributed by atoms with Gasteiger partial charge in [-0.1, -0.05) is 0 Å². The van der Waals surface area contributed by atoms with E-state index in [1.807, 2.05) is 0 Å². The van der Waals surface area contributed by atoms with E-state index in [1.54, 1.807) is 35.3 Å². The van der Waals surface area contributed by atoms with Crippen LogP contribution < -0.4 is 5.32 Å². The summed E-state index contributed by atoms with van der Waals surface area (Å²) in [7, 11) is 1.26. The number of aliphatic hydroxyl groups is 1.